The minimum absolute atomic E-state index is 0.0581. The van der Waals surface area contributed by atoms with Gasteiger partial charge in [0.25, 0.3) is 11.8 Å². The van der Waals surface area contributed by atoms with Crippen LogP contribution in [0.5, 0.6) is 0 Å². The monoisotopic (exact) mass is 984 g/mol. The van der Waals surface area contributed by atoms with Crippen molar-refractivity contribution in [3.8, 4) is 34.2 Å². The summed E-state index contributed by atoms with van der Waals surface area (Å²) < 4.78 is 63.3. The number of carbonyl (C=O) groups excluding carboxylic acids is 4. The Morgan fingerprint density at radius 3 is 2.46 bits per heavy atom. The number of pyridine rings is 1. The van der Waals surface area contributed by atoms with Crippen LogP contribution in [-0.2, 0) is 52.8 Å². The molecule has 0 unspecified atom stereocenters. The van der Waals surface area contributed by atoms with E-state index in [0.29, 0.717) is 64.9 Å². The lowest BCUT2D eigenvalue weighted by atomic mass is 9.84. The fraction of sp³-hybridized carbons (Fsp3) is 0.537. The summed E-state index contributed by atoms with van der Waals surface area (Å²) in [5.41, 5.74) is 6.37. The number of fused-ring (bicyclic) bond motifs is 6. The number of nitrogens with zero attached hydrogens (tertiary/aromatic N) is 5. The zero-order valence-electron chi connectivity index (χ0n) is 42.5. The summed E-state index contributed by atoms with van der Waals surface area (Å²) >= 11 is 0. The van der Waals surface area contributed by atoms with Crippen molar-refractivity contribution < 1.29 is 46.6 Å². The van der Waals surface area contributed by atoms with Crippen molar-refractivity contribution in [3.05, 3.63) is 77.6 Å². The highest BCUT2D eigenvalue weighted by Gasteiger charge is 2.39. The lowest BCUT2D eigenvalue weighted by Gasteiger charge is -2.39. The van der Waals surface area contributed by atoms with Crippen molar-refractivity contribution >= 4 is 34.6 Å². The third kappa shape index (κ3) is 12.5. The molecule has 6 bridgehead atoms. The van der Waals surface area contributed by atoms with Gasteiger partial charge in [0.05, 0.1) is 48.3 Å². The van der Waals surface area contributed by atoms with E-state index in [1.54, 1.807) is 42.3 Å². The van der Waals surface area contributed by atoms with Crippen LogP contribution in [0, 0.1) is 29.1 Å². The second-order valence-corrected chi connectivity index (χ2v) is 21.0. The van der Waals surface area contributed by atoms with Crippen molar-refractivity contribution in [2.45, 2.75) is 117 Å². The molecule has 71 heavy (non-hydrogen) atoms. The molecule has 0 aliphatic carbocycles. The first-order valence-corrected chi connectivity index (χ1v) is 24.4. The number of benzene rings is 2. The minimum Gasteiger partial charge on any atom is -0.464 e. The van der Waals surface area contributed by atoms with Gasteiger partial charge in [-0.15, -0.1) is 0 Å². The Morgan fingerprint density at radius 1 is 1.04 bits per heavy atom. The summed E-state index contributed by atoms with van der Waals surface area (Å²) in [6, 6.07) is 14.5. The normalized spacial score (nSPS) is 19.9. The number of alkyl halides is 3. The second kappa shape index (κ2) is 21.5. The predicted molar refractivity (Wildman–Crippen MR) is 264 cm³/mol. The topological polar surface area (TPSA) is 148 Å². The second-order valence-electron chi connectivity index (χ2n) is 21.0. The van der Waals surface area contributed by atoms with Crippen molar-refractivity contribution in [1.29, 1.82) is 0 Å². The third-order valence-electron chi connectivity index (χ3n) is 14.0. The van der Waals surface area contributed by atoms with Gasteiger partial charge in [0.15, 0.2) is 0 Å². The van der Waals surface area contributed by atoms with Gasteiger partial charge in [-0.3, -0.25) is 34.1 Å². The fourth-order valence-electron chi connectivity index (χ4n) is 9.20. The van der Waals surface area contributed by atoms with Crippen LogP contribution in [0.3, 0.4) is 0 Å². The smallest absolute Gasteiger partial charge is 0.406 e. The number of hydrogen-bond donors (Lipinski definition) is 2. The maximum absolute atomic E-state index is 14.7. The fourth-order valence-corrected chi connectivity index (χ4v) is 9.20. The van der Waals surface area contributed by atoms with E-state index in [4.69, 9.17) is 14.2 Å². The first-order chi connectivity index (χ1) is 33.4. The van der Waals surface area contributed by atoms with Crippen LogP contribution in [-0.4, -0.2) is 132 Å². The molecule has 2 fully saturated rings. The molecule has 3 amide bonds. The first-order valence-electron chi connectivity index (χ1n) is 24.4. The minimum atomic E-state index is -4.58. The Bertz CT molecular complexity index is 2680. The van der Waals surface area contributed by atoms with E-state index >= 15 is 0 Å². The van der Waals surface area contributed by atoms with Crippen LogP contribution in [0.2, 0.25) is 0 Å². The van der Waals surface area contributed by atoms with E-state index in [1.807, 2.05) is 90.9 Å². The molecule has 7 rings (SSSR count). The Morgan fingerprint density at radius 2 is 1.77 bits per heavy atom. The molecule has 0 radical (unpaired) electrons. The Labute approximate surface area is 414 Å². The number of likely N-dealkylation sites (tertiary alicyclic amines) is 1. The predicted octanol–water partition coefficient (Wildman–Crippen LogP) is 7.13. The van der Waals surface area contributed by atoms with Crippen molar-refractivity contribution in [2.24, 2.45) is 17.3 Å². The summed E-state index contributed by atoms with van der Waals surface area (Å²) in [5, 5.41) is 5.04. The van der Waals surface area contributed by atoms with Gasteiger partial charge in [0.2, 0.25) is 5.91 Å². The number of methoxy groups -OCH3 is 1. The number of nitrogens with one attached hydrogen (secondary N) is 2. The van der Waals surface area contributed by atoms with E-state index in [2.05, 4.69) is 27.6 Å². The van der Waals surface area contributed by atoms with Gasteiger partial charge in [0.1, 0.15) is 18.6 Å². The molecular weight excluding hydrogens is 916 g/mol. The lowest BCUT2D eigenvalue weighted by molar-refractivity contribution is -0.155. The zero-order valence-corrected chi connectivity index (χ0v) is 42.5. The van der Waals surface area contributed by atoms with Gasteiger partial charge in [-0.1, -0.05) is 63.9 Å². The summed E-state index contributed by atoms with van der Waals surface area (Å²) in [7, 11) is 5.32. The van der Waals surface area contributed by atoms with Crippen LogP contribution in [0.1, 0.15) is 84.2 Å². The quantitative estimate of drug-likeness (QED) is 0.118. The maximum Gasteiger partial charge on any atom is 0.406 e. The number of cyclic esters (lactones) is 1. The average Bonchev–Trinajstić information content (AvgIpc) is 3.58. The van der Waals surface area contributed by atoms with Gasteiger partial charge in [-0.05, 0) is 112 Å². The van der Waals surface area contributed by atoms with Crippen LogP contribution >= 0.6 is 0 Å². The van der Waals surface area contributed by atoms with Crippen molar-refractivity contribution in [2.75, 3.05) is 54.1 Å². The van der Waals surface area contributed by atoms with E-state index < -0.39 is 59.7 Å². The molecule has 2 aromatic heterocycles. The molecule has 14 nitrogen and oxygen atoms in total. The standard InChI is InChI=1S/C54H68F3N7O7/c1-33(2)42(30-70-38-28-62(29-38)46(65)20-21-53(6,7)61(8)9)49(66)59-44-25-35-14-11-15-36(24-35)37-18-19-45-40(26-37)41(27-52(4,5)32-71-51(68)43-17-13-23-64(60-43)50(44)67)48(63(45)31-54(55,56)57)39-16-12-22-58-47(39)34(3)69-10/h11-12,14-16,18-19,22,24,26,33-34,38,42-44,60H,13,17,23,25,27-32H2,1-10H3,(H,59,66)/t34-,42-,43-,44-/m0/s1. The van der Waals surface area contributed by atoms with Gasteiger partial charge >= 0.3 is 12.1 Å². The van der Waals surface area contributed by atoms with E-state index in [0.717, 1.165) is 11.1 Å². The van der Waals surface area contributed by atoms with Gasteiger partial charge < -0.3 is 29.0 Å². The summed E-state index contributed by atoms with van der Waals surface area (Å²) in [6.45, 7) is 13.0. The molecular formula is C54H68F3N7O7. The van der Waals surface area contributed by atoms with Crippen molar-refractivity contribution in [3.63, 3.8) is 0 Å². The Hall–Kier alpha value is -5.80. The maximum atomic E-state index is 14.7. The number of hydrazine groups is 1. The highest BCUT2D eigenvalue weighted by atomic mass is 19.4. The molecule has 3 aliphatic rings. The summed E-state index contributed by atoms with van der Waals surface area (Å²) in [6.07, 6.45) is -2.63. The van der Waals surface area contributed by atoms with E-state index in [1.165, 1.54) is 16.7 Å². The summed E-state index contributed by atoms with van der Waals surface area (Å²) in [5.74, 6) is 3.26. The lowest BCUT2D eigenvalue weighted by Crippen LogP contribution is -2.61. The largest absolute Gasteiger partial charge is 0.464 e. The SMILES string of the molecule is CO[C@@H](C)c1ncccc1-c1c2c3cc(ccc3n1CC(F)(F)F)-c1cccc(c1)C[C@H](NC(=O)[C@@H](COC1CN(C(=O)C#CC(C)(C)N(C)C)C1)C(C)C)C(=O)N1CCC[C@H](N1)C(=O)OCC(C)(C)C2. The van der Waals surface area contributed by atoms with E-state index in [9.17, 15) is 32.3 Å². The number of hydrogen-bond acceptors (Lipinski definition) is 10. The molecule has 4 aromatic rings. The highest BCUT2D eigenvalue weighted by molar-refractivity contribution is 5.96. The molecule has 2 aromatic carbocycles. The average molecular weight is 984 g/mol. The Kier molecular flexibility index (Phi) is 16.1. The van der Waals surface area contributed by atoms with Gasteiger partial charge in [0, 0.05) is 61.2 Å². The number of aromatic nitrogens is 2. The van der Waals surface area contributed by atoms with Crippen LogP contribution < -0.4 is 10.7 Å². The molecule has 2 N–H and O–H groups in total. The number of carbonyl (C=O) groups is 4. The number of esters is 1. The molecule has 4 atom stereocenters. The molecule has 5 heterocycles. The Balaban J connectivity index is 1.23. The van der Waals surface area contributed by atoms with Crippen LogP contribution in [0.25, 0.3) is 33.3 Å². The van der Waals surface area contributed by atoms with Crippen LogP contribution in [0.4, 0.5) is 13.2 Å². The van der Waals surface area contributed by atoms with Crippen molar-refractivity contribution in [1.82, 2.24) is 35.1 Å². The number of halogens is 3. The number of amides is 3. The first kappa shape index (κ1) is 53.0. The third-order valence-corrected chi connectivity index (χ3v) is 14.0. The van der Waals surface area contributed by atoms with Gasteiger partial charge in [-0.2, -0.15) is 13.2 Å². The molecule has 17 heteroatoms. The van der Waals surface area contributed by atoms with Crippen LogP contribution in [0.15, 0.2) is 60.8 Å². The highest BCUT2D eigenvalue weighted by Crippen LogP contribution is 2.43. The molecule has 0 spiro atoms. The molecule has 382 valence electrons. The van der Waals surface area contributed by atoms with Gasteiger partial charge in [-0.25, -0.2) is 5.43 Å². The zero-order chi connectivity index (χ0) is 51.6. The number of rotatable bonds is 11. The number of ether oxygens (including phenoxy) is 3. The molecule has 3 aliphatic heterocycles. The van der Waals surface area contributed by atoms with E-state index in [-0.39, 0.29) is 56.4 Å². The summed E-state index contributed by atoms with van der Waals surface area (Å²) in [4.78, 5) is 63.8. The molecule has 2 saturated heterocycles. The molecule has 0 saturated carbocycles.